The Morgan fingerprint density at radius 2 is 1.78 bits per heavy atom. The molecule has 1 rings (SSSR count). The van der Waals surface area contributed by atoms with E-state index < -0.39 is 0 Å². The highest BCUT2D eigenvalue weighted by atomic mass is 32.2. The Labute approximate surface area is 117 Å². The molecule has 0 radical (unpaired) electrons. The highest BCUT2D eigenvalue weighted by Crippen LogP contribution is 2.29. The van der Waals surface area contributed by atoms with Crippen molar-refractivity contribution in [1.29, 1.82) is 0 Å². The van der Waals surface area contributed by atoms with E-state index in [9.17, 15) is 0 Å². The van der Waals surface area contributed by atoms with Crippen LogP contribution in [0.1, 0.15) is 39.2 Å². The molecule has 1 atom stereocenters. The van der Waals surface area contributed by atoms with Gasteiger partial charge >= 0.3 is 0 Å². The molecule has 0 bridgehead atoms. The first-order valence-corrected chi connectivity index (χ1v) is 8.20. The Morgan fingerprint density at radius 1 is 1.17 bits per heavy atom. The topological polar surface area (TPSA) is 12.0 Å². The Bertz CT molecular complexity index is 311. The van der Waals surface area contributed by atoms with Crippen LogP contribution in [0, 0.1) is 0 Å². The molecule has 0 aromatic heterocycles. The average Bonchev–Trinajstić information content (AvgIpc) is 2.42. The standard InChI is InChI=1S/C16H27NS/c1-5-16(6-2,18-4)13-17-14(3)12-15-10-8-7-9-11-15/h7-11,14,17H,5-6,12-13H2,1-4H3. The summed E-state index contributed by atoms with van der Waals surface area (Å²) >= 11 is 2.00. The first kappa shape index (κ1) is 15.6. The molecule has 0 aliphatic rings. The van der Waals surface area contributed by atoms with Gasteiger partial charge in [-0.3, -0.25) is 0 Å². The second-order valence-corrected chi connectivity index (χ2v) is 6.34. The van der Waals surface area contributed by atoms with E-state index in [1.165, 1.54) is 18.4 Å². The summed E-state index contributed by atoms with van der Waals surface area (Å²) in [5.41, 5.74) is 1.42. The van der Waals surface area contributed by atoms with Gasteiger partial charge in [-0.2, -0.15) is 11.8 Å². The van der Waals surface area contributed by atoms with Crippen molar-refractivity contribution >= 4 is 11.8 Å². The maximum absolute atomic E-state index is 3.70. The van der Waals surface area contributed by atoms with Crippen molar-refractivity contribution in [2.24, 2.45) is 0 Å². The van der Waals surface area contributed by atoms with Gasteiger partial charge in [-0.1, -0.05) is 44.2 Å². The summed E-state index contributed by atoms with van der Waals surface area (Å²) in [7, 11) is 0. The van der Waals surface area contributed by atoms with Gasteiger partial charge in [0, 0.05) is 17.3 Å². The smallest absolute Gasteiger partial charge is 0.0276 e. The molecule has 0 aliphatic heterocycles. The summed E-state index contributed by atoms with van der Waals surface area (Å²) in [6, 6.07) is 11.3. The van der Waals surface area contributed by atoms with Gasteiger partial charge < -0.3 is 5.32 Å². The van der Waals surface area contributed by atoms with Crippen molar-refractivity contribution in [2.75, 3.05) is 12.8 Å². The second kappa shape index (κ2) is 7.85. The number of thioether (sulfide) groups is 1. The first-order valence-electron chi connectivity index (χ1n) is 6.98. The summed E-state index contributed by atoms with van der Waals surface area (Å²) in [5.74, 6) is 0. The molecule has 2 heteroatoms. The molecule has 1 aromatic carbocycles. The molecule has 1 nitrogen and oxygen atoms in total. The van der Waals surface area contributed by atoms with Gasteiger partial charge in [-0.15, -0.1) is 0 Å². The Hall–Kier alpha value is -0.470. The summed E-state index contributed by atoms with van der Waals surface area (Å²) in [6.45, 7) is 7.98. The van der Waals surface area contributed by atoms with Crippen LogP contribution in [-0.2, 0) is 6.42 Å². The van der Waals surface area contributed by atoms with Crippen molar-refractivity contribution in [3.8, 4) is 0 Å². The number of rotatable bonds is 8. The van der Waals surface area contributed by atoms with Crippen LogP contribution in [0.25, 0.3) is 0 Å². The van der Waals surface area contributed by atoms with Crippen LogP contribution < -0.4 is 5.32 Å². The lowest BCUT2D eigenvalue weighted by atomic mass is 10.0. The summed E-state index contributed by atoms with van der Waals surface area (Å²) in [4.78, 5) is 0. The number of benzene rings is 1. The molecule has 0 saturated carbocycles. The van der Waals surface area contributed by atoms with E-state index in [0.717, 1.165) is 13.0 Å². The van der Waals surface area contributed by atoms with Gasteiger partial charge in [0.25, 0.3) is 0 Å². The molecule has 0 heterocycles. The van der Waals surface area contributed by atoms with E-state index in [1.54, 1.807) is 0 Å². The SMILES string of the molecule is CCC(CC)(CNC(C)Cc1ccccc1)SC. The molecule has 102 valence electrons. The van der Waals surface area contributed by atoms with E-state index in [0.29, 0.717) is 10.8 Å². The van der Waals surface area contributed by atoms with Crippen LogP contribution in [0.4, 0.5) is 0 Å². The lowest BCUT2D eigenvalue weighted by Crippen LogP contribution is -2.41. The molecule has 0 fully saturated rings. The lowest BCUT2D eigenvalue weighted by molar-refractivity contribution is 0.451. The fraction of sp³-hybridized carbons (Fsp3) is 0.625. The van der Waals surface area contributed by atoms with E-state index in [-0.39, 0.29) is 0 Å². The number of hydrogen-bond donors (Lipinski definition) is 1. The fourth-order valence-electron chi connectivity index (χ4n) is 2.26. The summed E-state index contributed by atoms with van der Waals surface area (Å²) < 4.78 is 0.408. The molecular formula is C16H27NS. The van der Waals surface area contributed by atoms with Crippen LogP contribution in [0.2, 0.25) is 0 Å². The lowest BCUT2D eigenvalue weighted by Gasteiger charge is -2.31. The largest absolute Gasteiger partial charge is 0.313 e. The van der Waals surface area contributed by atoms with E-state index in [1.807, 2.05) is 11.8 Å². The van der Waals surface area contributed by atoms with Crippen molar-refractivity contribution < 1.29 is 0 Å². The number of nitrogens with one attached hydrogen (secondary N) is 1. The monoisotopic (exact) mass is 265 g/mol. The molecule has 1 unspecified atom stereocenters. The van der Waals surface area contributed by atoms with E-state index in [2.05, 4.69) is 62.7 Å². The van der Waals surface area contributed by atoms with Gasteiger partial charge in [0.05, 0.1) is 0 Å². The van der Waals surface area contributed by atoms with Gasteiger partial charge in [-0.25, -0.2) is 0 Å². The maximum atomic E-state index is 3.70. The molecular weight excluding hydrogens is 238 g/mol. The molecule has 0 amide bonds. The quantitative estimate of drug-likeness (QED) is 0.758. The molecule has 1 N–H and O–H groups in total. The zero-order chi connectivity index (χ0) is 13.4. The van der Waals surface area contributed by atoms with Crippen LogP contribution in [-0.4, -0.2) is 23.6 Å². The van der Waals surface area contributed by atoms with Crippen molar-refractivity contribution in [1.82, 2.24) is 5.32 Å². The molecule has 1 aromatic rings. The first-order chi connectivity index (χ1) is 8.65. The average molecular weight is 265 g/mol. The molecule has 0 aliphatic carbocycles. The third-order valence-electron chi connectivity index (χ3n) is 3.88. The fourth-order valence-corrected chi connectivity index (χ4v) is 3.07. The highest BCUT2D eigenvalue weighted by Gasteiger charge is 2.24. The highest BCUT2D eigenvalue weighted by molar-refractivity contribution is 8.00. The Morgan fingerprint density at radius 3 is 2.28 bits per heavy atom. The van der Waals surface area contributed by atoms with Gasteiger partial charge in [0.2, 0.25) is 0 Å². The van der Waals surface area contributed by atoms with Crippen molar-refractivity contribution in [2.45, 2.75) is 50.8 Å². The van der Waals surface area contributed by atoms with Crippen molar-refractivity contribution in [3.05, 3.63) is 35.9 Å². The minimum atomic E-state index is 0.408. The summed E-state index contributed by atoms with van der Waals surface area (Å²) in [6.07, 6.45) is 5.81. The maximum Gasteiger partial charge on any atom is 0.0276 e. The zero-order valence-corrected chi connectivity index (χ0v) is 13.0. The van der Waals surface area contributed by atoms with Crippen molar-refractivity contribution in [3.63, 3.8) is 0 Å². The Kier molecular flexibility index (Phi) is 6.80. The molecule has 18 heavy (non-hydrogen) atoms. The molecule has 0 spiro atoms. The third kappa shape index (κ3) is 4.66. The van der Waals surface area contributed by atoms with Crippen LogP contribution in [0.15, 0.2) is 30.3 Å². The predicted molar refractivity (Wildman–Crippen MR) is 84.4 cm³/mol. The molecule has 0 saturated heterocycles. The Balaban J connectivity index is 2.43. The van der Waals surface area contributed by atoms with Crippen LogP contribution >= 0.6 is 11.8 Å². The summed E-state index contributed by atoms with van der Waals surface area (Å²) in [5, 5.41) is 3.70. The van der Waals surface area contributed by atoms with Gasteiger partial charge in [-0.05, 0) is 38.0 Å². The number of hydrogen-bond acceptors (Lipinski definition) is 2. The van der Waals surface area contributed by atoms with Gasteiger partial charge in [0.1, 0.15) is 0 Å². The second-order valence-electron chi connectivity index (χ2n) is 5.07. The predicted octanol–water partition coefficient (Wildman–Crippen LogP) is 4.13. The van der Waals surface area contributed by atoms with E-state index >= 15 is 0 Å². The third-order valence-corrected chi connectivity index (χ3v) is 5.47. The normalized spacial score (nSPS) is 13.6. The minimum absolute atomic E-state index is 0.408. The van der Waals surface area contributed by atoms with Crippen LogP contribution in [0.3, 0.4) is 0 Å². The van der Waals surface area contributed by atoms with E-state index in [4.69, 9.17) is 0 Å². The van der Waals surface area contributed by atoms with Gasteiger partial charge in [0.15, 0.2) is 0 Å². The zero-order valence-electron chi connectivity index (χ0n) is 12.2. The minimum Gasteiger partial charge on any atom is -0.313 e. The van der Waals surface area contributed by atoms with Crippen LogP contribution in [0.5, 0.6) is 0 Å².